The third-order valence-electron chi connectivity index (χ3n) is 4.83. The van der Waals surface area contributed by atoms with Gasteiger partial charge in [0.2, 0.25) is 5.91 Å². The number of carbonyl (C=O) groups is 1. The summed E-state index contributed by atoms with van der Waals surface area (Å²) in [5, 5.41) is 3.84. The number of hydrogen-bond donors (Lipinski definition) is 1. The van der Waals surface area contributed by atoms with Gasteiger partial charge in [-0.05, 0) is 36.4 Å². The zero-order valence-electron chi connectivity index (χ0n) is 15.9. The normalized spacial score (nSPS) is 15.9. The molecule has 3 rings (SSSR count). The van der Waals surface area contributed by atoms with Gasteiger partial charge in [0.1, 0.15) is 0 Å². The molecule has 29 heavy (non-hydrogen) atoms. The lowest BCUT2D eigenvalue weighted by Crippen LogP contribution is -2.49. The molecule has 1 saturated heterocycles. The average Bonchev–Trinajstić information content (AvgIpc) is 2.70. The fraction of sp³-hybridized carbons (Fsp3) is 0.350. The predicted octanol–water partition coefficient (Wildman–Crippen LogP) is 3.02. The third-order valence-corrected chi connectivity index (χ3v) is 7.12. The number of carbonyl (C=O) groups excluding carboxylic acids is 1. The largest absolute Gasteiger partial charge is 0.324 e. The summed E-state index contributed by atoms with van der Waals surface area (Å²) < 4.78 is 24.9. The molecule has 1 amide bonds. The standard InChI is InChI=1S/C20H23Cl2N3O3S/c21-16-5-7-17(8-6-16)29(27,28)14-13-24-9-11-25(12-10-24)15-20(26)23-19-4-2-1-3-18(19)22/h1-8H,9-15H2,(H,23,26). The Hall–Kier alpha value is -1.64. The molecule has 0 atom stereocenters. The highest BCUT2D eigenvalue weighted by Crippen LogP contribution is 2.20. The maximum atomic E-state index is 12.5. The number of anilines is 1. The molecule has 1 N–H and O–H groups in total. The zero-order valence-corrected chi connectivity index (χ0v) is 18.2. The van der Waals surface area contributed by atoms with E-state index in [1.807, 2.05) is 12.1 Å². The monoisotopic (exact) mass is 455 g/mol. The van der Waals surface area contributed by atoms with Gasteiger partial charge >= 0.3 is 0 Å². The molecule has 0 saturated carbocycles. The maximum Gasteiger partial charge on any atom is 0.238 e. The lowest BCUT2D eigenvalue weighted by molar-refractivity contribution is -0.117. The van der Waals surface area contributed by atoms with Crippen LogP contribution in [0.15, 0.2) is 53.4 Å². The Balaban J connectivity index is 1.43. The molecule has 1 fully saturated rings. The van der Waals surface area contributed by atoms with Crippen molar-refractivity contribution >= 4 is 44.6 Å². The van der Waals surface area contributed by atoms with Crippen molar-refractivity contribution in [3.8, 4) is 0 Å². The van der Waals surface area contributed by atoms with Crippen LogP contribution < -0.4 is 5.32 Å². The number of para-hydroxylation sites is 1. The highest BCUT2D eigenvalue weighted by Gasteiger charge is 2.22. The number of piperazine rings is 1. The SMILES string of the molecule is O=C(CN1CCN(CCS(=O)(=O)c2ccc(Cl)cc2)CC1)Nc1ccccc1Cl. The molecule has 1 aliphatic heterocycles. The summed E-state index contributed by atoms with van der Waals surface area (Å²) in [6, 6.07) is 13.4. The van der Waals surface area contributed by atoms with Gasteiger partial charge in [-0.3, -0.25) is 14.6 Å². The topological polar surface area (TPSA) is 69.7 Å². The van der Waals surface area contributed by atoms with Crippen molar-refractivity contribution in [3.63, 3.8) is 0 Å². The Bertz CT molecular complexity index is 944. The summed E-state index contributed by atoms with van der Waals surface area (Å²) in [6.07, 6.45) is 0. The van der Waals surface area contributed by atoms with E-state index in [1.54, 1.807) is 24.3 Å². The quantitative estimate of drug-likeness (QED) is 0.694. The third kappa shape index (κ3) is 6.42. The summed E-state index contributed by atoms with van der Waals surface area (Å²) in [7, 11) is -3.34. The van der Waals surface area contributed by atoms with Crippen molar-refractivity contribution in [3.05, 3.63) is 58.6 Å². The molecule has 9 heteroatoms. The second kappa shape index (κ2) is 9.91. The number of halogens is 2. The minimum atomic E-state index is -3.34. The van der Waals surface area contributed by atoms with Crippen molar-refractivity contribution in [1.29, 1.82) is 0 Å². The van der Waals surface area contributed by atoms with Gasteiger partial charge in [0.15, 0.2) is 9.84 Å². The summed E-state index contributed by atoms with van der Waals surface area (Å²) in [5.74, 6) is -0.0568. The highest BCUT2D eigenvalue weighted by atomic mass is 35.5. The summed E-state index contributed by atoms with van der Waals surface area (Å²) in [4.78, 5) is 16.7. The Kier molecular flexibility index (Phi) is 7.54. The summed E-state index contributed by atoms with van der Waals surface area (Å²) >= 11 is 11.9. The zero-order chi connectivity index (χ0) is 20.9. The van der Waals surface area contributed by atoms with Crippen LogP contribution in [0.25, 0.3) is 0 Å². The van der Waals surface area contributed by atoms with Gasteiger partial charge in [0.05, 0.1) is 27.9 Å². The van der Waals surface area contributed by atoms with E-state index in [1.165, 1.54) is 12.1 Å². The van der Waals surface area contributed by atoms with Crippen LogP contribution in [-0.4, -0.2) is 69.1 Å². The number of hydrogen-bond acceptors (Lipinski definition) is 5. The van der Waals surface area contributed by atoms with Crippen molar-refractivity contribution < 1.29 is 13.2 Å². The van der Waals surface area contributed by atoms with Crippen LogP contribution in [0.4, 0.5) is 5.69 Å². The second-order valence-electron chi connectivity index (χ2n) is 6.92. The molecule has 0 radical (unpaired) electrons. The molecular weight excluding hydrogens is 433 g/mol. The smallest absolute Gasteiger partial charge is 0.238 e. The fourth-order valence-electron chi connectivity index (χ4n) is 3.14. The van der Waals surface area contributed by atoms with E-state index in [0.717, 1.165) is 13.1 Å². The van der Waals surface area contributed by atoms with E-state index >= 15 is 0 Å². The van der Waals surface area contributed by atoms with E-state index in [2.05, 4.69) is 15.1 Å². The fourth-order valence-corrected chi connectivity index (χ4v) is 4.73. The maximum absolute atomic E-state index is 12.5. The van der Waals surface area contributed by atoms with Crippen LogP contribution in [0.2, 0.25) is 10.0 Å². The molecule has 2 aromatic carbocycles. The van der Waals surface area contributed by atoms with E-state index < -0.39 is 9.84 Å². The molecule has 6 nitrogen and oxygen atoms in total. The summed E-state index contributed by atoms with van der Waals surface area (Å²) in [5.41, 5.74) is 0.602. The molecule has 2 aromatic rings. The van der Waals surface area contributed by atoms with Crippen molar-refractivity contribution in [1.82, 2.24) is 9.80 Å². The molecule has 0 aliphatic carbocycles. The van der Waals surface area contributed by atoms with Crippen LogP contribution in [-0.2, 0) is 14.6 Å². The first-order chi connectivity index (χ1) is 13.8. The van der Waals surface area contributed by atoms with E-state index in [-0.39, 0.29) is 23.1 Å². The Labute approximate surface area is 181 Å². The van der Waals surface area contributed by atoms with E-state index in [9.17, 15) is 13.2 Å². The number of sulfone groups is 1. The first-order valence-electron chi connectivity index (χ1n) is 9.31. The number of nitrogens with zero attached hydrogens (tertiary/aromatic N) is 2. The van der Waals surface area contributed by atoms with Gasteiger partial charge < -0.3 is 5.32 Å². The molecule has 156 valence electrons. The molecule has 1 heterocycles. The number of rotatable bonds is 7. The van der Waals surface area contributed by atoms with Gasteiger partial charge in [0.25, 0.3) is 0 Å². The average molecular weight is 456 g/mol. The van der Waals surface area contributed by atoms with Crippen LogP contribution in [0.5, 0.6) is 0 Å². The van der Waals surface area contributed by atoms with Crippen LogP contribution in [0.3, 0.4) is 0 Å². The predicted molar refractivity (Wildman–Crippen MR) is 116 cm³/mol. The Morgan fingerprint density at radius 3 is 2.21 bits per heavy atom. The number of nitrogens with one attached hydrogen (secondary N) is 1. The van der Waals surface area contributed by atoms with E-state index in [4.69, 9.17) is 23.2 Å². The van der Waals surface area contributed by atoms with Crippen LogP contribution in [0.1, 0.15) is 0 Å². The lowest BCUT2D eigenvalue weighted by atomic mass is 10.3. The van der Waals surface area contributed by atoms with E-state index in [0.29, 0.717) is 35.4 Å². The van der Waals surface area contributed by atoms with Gasteiger partial charge in [-0.15, -0.1) is 0 Å². The molecule has 0 spiro atoms. The molecular formula is C20H23Cl2N3O3S. The van der Waals surface area contributed by atoms with Gasteiger partial charge in [-0.25, -0.2) is 8.42 Å². The van der Waals surface area contributed by atoms with Crippen molar-refractivity contribution in [2.24, 2.45) is 0 Å². The first kappa shape index (κ1) is 22.1. The number of amides is 1. The van der Waals surface area contributed by atoms with Crippen molar-refractivity contribution in [2.75, 3.05) is 50.3 Å². The first-order valence-corrected chi connectivity index (χ1v) is 11.7. The van der Waals surface area contributed by atoms with Crippen LogP contribution >= 0.6 is 23.2 Å². The van der Waals surface area contributed by atoms with Gasteiger partial charge in [0, 0.05) is 37.7 Å². The van der Waals surface area contributed by atoms with Gasteiger partial charge in [-0.2, -0.15) is 0 Å². The lowest BCUT2D eigenvalue weighted by Gasteiger charge is -2.34. The second-order valence-corrected chi connectivity index (χ2v) is 9.87. The number of benzene rings is 2. The van der Waals surface area contributed by atoms with Crippen molar-refractivity contribution in [2.45, 2.75) is 4.90 Å². The minimum Gasteiger partial charge on any atom is -0.324 e. The molecule has 0 unspecified atom stereocenters. The minimum absolute atomic E-state index is 0.0572. The summed E-state index contributed by atoms with van der Waals surface area (Å²) in [6.45, 7) is 3.59. The molecule has 0 aromatic heterocycles. The Morgan fingerprint density at radius 2 is 1.55 bits per heavy atom. The highest BCUT2D eigenvalue weighted by molar-refractivity contribution is 7.91. The van der Waals surface area contributed by atoms with Crippen LogP contribution in [0, 0.1) is 0 Å². The van der Waals surface area contributed by atoms with Gasteiger partial charge in [-0.1, -0.05) is 35.3 Å². The molecule has 0 bridgehead atoms. The Morgan fingerprint density at radius 1 is 0.931 bits per heavy atom. The molecule has 1 aliphatic rings.